The van der Waals surface area contributed by atoms with Gasteiger partial charge in [0.2, 0.25) is 0 Å². The van der Waals surface area contributed by atoms with E-state index < -0.39 is 46.8 Å². The van der Waals surface area contributed by atoms with Gasteiger partial charge in [0.15, 0.2) is 17.6 Å². The summed E-state index contributed by atoms with van der Waals surface area (Å²) in [6.45, 7) is 2.35. The molecular weight excluding hydrogens is 436 g/mol. The Bertz CT molecular complexity index is 962. The van der Waals surface area contributed by atoms with E-state index in [1.807, 2.05) is 0 Å². The molecule has 0 bridgehead atoms. The predicted molar refractivity (Wildman–Crippen MR) is 115 cm³/mol. The lowest BCUT2D eigenvalue weighted by molar-refractivity contribution is -0.148. The second kappa shape index (κ2) is 10.8. The first-order chi connectivity index (χ1) is 15.3. The van der Waals surface area contributed by atoms with Crippen LogP contribution in [0.5, 0.6) is 0 Å². The van der Waals surface area contributed by atoms with Gasteiger partial charge in [-0.3, -0.25) is 9.59 Å². The highest BCUT2D eigenvalue weighted by atomic mass is 32.2. The largest absolute Gasteiger partial charge is 0.465 e. The van der Waals surface area contributed by atoms with E-state index in [1.54, 1.807) is 60.7 Å². The first kappa shape index (κ1) is 23.3. The Morgan fingerprint density at radius 3 is 1.69 bits per heavy atom. The zero-order valence-electron chi connectivity index (χ0n) is 17.5. The zero-order chi connectivity index (χ0) is 23.1. The molecule has 0 aromatic heterocycles. The Hall–Kier alpha value is -3.33. The van der Waals surface area contributed by atoms with Gasteiger partial charge in [0.1, 0.15) is 6.61 Å². The van der Waals surface area contributed by atoms with Crippen molar-refractivity contribution in [1.29, 1.82) is 0 Å². The molecule has 8 nitrogen and oxygen atoms in total. The van der Waals surface area contributed by atoms with E-state index in [-0.39, 0.29) is 12.2 Å². The molecule has 1 saturated heterocycles. The van der Waals surface area contributed by atoms with Crippen LogP contribution < -0.4 is 0 Å². The van der Waals surface area contributed by atoms with Crippen molar-refractivity contribution in [2.24, 2.45) is 0 Å². The molecule has 4 atom stereocenters. The maximum atomic E-state index is 12.7. The molecule has 1 aliphatic heterocycles. The minimum absolute atomic E-state index is 0.121. The number of benzene rings is 2. The lowest BCUT2D eigenvalue weighted by Gasteiger charge is -2.25. The molecule has 9 heteroatoms. The highest BCUT2D eigenvalue weighted by Crippen LogP contribution is 2.40. The number of thioether (sulfide) groups is 1. The fraction of sp³-hybridized carbons (Fsp3) is 0.304. The quantitative estimate of drug-likeness (QED) is 0.457. The SMILES string of the molecule is CC(=O)OC[C@H]1SC(OC(C)=O)[C@H](OC(=O)c2ccccc2)[C@H]1OC(=O)c1ccccc1. The number of hydrogen-bond acceptors (Lipinski definition) is 9. The third-order valence-corrected chi connectivity index (χ3v) is 5.89. The lowest BCUT2D eigenvalue weighted by atomic mass is 10.1. The fourth-order valence-electron chi connectivity index (χ4n) is 3.08. The molecular formula is C23H22O8S. The Morgan fingerprint density at radius 2 is 1.22 bits per heavy atom. The van der Waals surface area contributed by atoms with E-state index in [2.05, 4.69) is 0 Å². The van der Waals surface area contributed by atoms with Gasteiger partial charge in [-0.2, -0.15) is 0 Å². The van der Waals surface area contributed by atoms with Gasteiger partial charge in [0.25, 0.3) is 0 Å². The van der Waals surface area contributed by atoms with E-state index in [1.165, 1.54) is 13.8 Å². The number of rotatable bonds is 7. The van der Waals surface area contributed by atoms with Gasteiger partial charge in [-0.1, -0.05) is 36.4 Å². The summed E-state index contributed by atoms with van der Waals surface area (Å²) in [5.41, 5.74) is -0.363. The van der Waals surface area contributed by atoms with Crippen LogP contribution in [0.1, 0.15) is 34.6 Å². The molecule has 0 N–H and O–H groups in total. The van der Waals surface area contributed by atoms with Crippen LogP contribution >= 0.6 is 11.8 Å². The van der Waals surface area contributed by atoms with Crippen molar-refractivity contribution in [3.8, 4) is 0 Å². The molecule has 1 heterocycles. The van der Waals surface area contributed by atoms with Crippen molar-refractivity contribution in [2.45, 2.75) is 36.7 Å². The summed E-state index contributed by atoms with van der Waals surface area (Å²) in [5.74, 6) is -2.42. The second-order valence-electron chi connectivity index (χ2n) is 6.93. The first-order valence-corrected chi connectivity index (χ1v) is 10.8. The summed E-state index contributed by atoms with van der Waals surface area (Å²) in [6, 6.07) is 16.6. The minimum atomic E-state index is -1.11. The fourth-order valence-corrected chi connectivity index (χ4v) is 4.50. The van der Waals surface area contributed by atoms with E-state index in [0.717, 1.165) is 11.8 Å². The first-order valence-electron chi connectivity index (χ1n) is 9.83. The summed E-state index contributed by atoms with van der Waals surface area (Å²) >= 11 is 1.10. The number of hydrogen-bond donors (Lipinski definition) is 0. The summed E-state index contributed by atoms with van der Waals surface area (Å²) in [6.07, 6.45) is -2.13. The Balaban J connectivity index is 1.87. The zero-order valence-corrected chi connectivity index (χ0v) is 18.3. The van der Waals surface area contributed by atoms with Crippen LogP contribution in [-0.2, 0) is 28.5 Å². The van der Waals surface area contributed by atoms with Gasteiger partial charge in [-0.05, 0) is 24.3 Å². The number of carbonyl (C=O) groups is 4. The molecule has 0 saturated carbocycles. The average molecular weight is 458 g/mol. The molecule has 1 fully saturated rings. The Kier molecular flexibility index (Phi) is 7.88. The maximum absolute atomic E-state index is 12.7. The summed E-state index contributed by atoms with van der Waals surface area (Å²) < 4.78 is 21.8. The molecule has 0 spiro atoms. The van der Waals surface area contributed by atoms with Crippen LogP contribution in [0.15, 0.2) is 60.7 Å². The molecule has 0 aliphatic carbocycles. The number of ether oxygens (including phenoxy) is 4. The molecule has 1 unspecified atom stereocenters. The summed E-state index contributed by atoms with van der Waals surface area (Å²) in [5, 5.41) is -0.621. The Morgan fingerprint density at radius 1 is 0.719 bits per heavy atom. The molecule has 168 valence electrons. The number of esters is 4. The van der Waals surface area contributed by atoms with Crippen molar-refractivity contribution in [3.63, 3.8) is 0 Å². The second-order valence-corrected chi connectivity index (χ2v) is 8.27. The highest BCUT2D eigenvalue weighted by Gasteiger charge is 2.51. The molecule has 0 radical (unpaired) electrons. The van der Waals surface area contributed by atoms with Crippen molar-refractivity contribution < 1.29 is 38.1 Å². The van der Waals surface area contributed by atoms with E-state index in [0.29, 0.717) is 5.56 Å². The normalized spacial score (nSPS) is 21.9. The summed E-state index contributed by atoms with van der Waals surface area (Å²) in [4.78, 5) is 48.4. The van der Waals surface area contributed by atoms with Crippen LogP contribution in [0.4, 0.5) is 0 Å². The van der Waals surface area contributed by atoms with Gasteiger partial charge in [0, 0.05) is 13.8 Å². The topological polar surface area (TPSA) is 105 Å². The molecule has 1 aliphatic rings. The van der Waals surface area contributed by atoms with E-state index in [4.69, 9.17) is 18.9 Å². The van der Waals surface area contributed by atoms with Crippen LogP contribution in [0.3, 0.4) is 0 Å². The standard InChI is InChI=1S/C23H22O8S/c1-14(24)28-13-18-19(30-21(26)16-9-5-3-6-10-16)20(23(32-18)29-15(2)25)31-22(27)17-11-7-4-8-12-17/h3-12,18-20,23H,13H2,1-2H3/t18-,19+,20-,23?/m1/s1. The van der Waals surface area contributed by atoms with Crippen molar-refractivity contribution in [3.05, 3.63) is 71.8 Å². The highest BCUT2D eigenvalue weighted by molar-refractivity contribution is 8.00. The van der Waals surface area contributed by atoms with Gasteiger partial charge in [-0.25, -0.2) is 9.59 Å². The molecule has 0 amide bonds. The third-order valence-electron chi connectivity index (χ3n) is 4.51. The van der Waals surface area contributed by atoms with E-state index >= 15 is 0 Å². The molecule has 3 rings (SSSR count). The smallest absolute Gasteiger partial charge is 0.338 e. The lowest BCUT2D eigenvalue weighted by Crippen LogP contribution is -2.42. The van der Waals surface area contributed by atoms with Gasteiger partial charge in [0.05, 0.1) is 16.4 Å². The van der Waals surface area contributed by atoms with Gasteiger partial charge < -0.3 is 18.9 Å². The van der Waals surface area contributed by atoms with Crippen molar-refractivity contribution in [2.75, 3.05) is 6.61 Å². The van der Waals surface area contributed by atoms with Gasteiger partial charge >= 0.3 is 23.9 Å². The van der Waals surface area contributed by atoms with Crippen molar-refractivity contribution in [1.82, 2.24) is 0 Å². The van der Waals surface area contributed by atoms with E-state index in [9.17, 15) is 19.2 Å². The molecule has 2 aromatic rings. The van der Waals surface area contributed by atoms with Gasteiger partial charge in [-0.15, -0.1) is 11.8 Å². The number of carbonyl (C=O) groups excluding carboxylic acids is 4. The molecule has 32 heavy (non-hydrogen) atoms. The van der Waals surface area contributed by atoms with Crippen LogP contribution in [-0.4, -0.2) is 53.4 Å². The molecule has 2 aromatic carbocycles. The average Bonchev–Trinajstić information content (AvgIpc) is 3.08. The maximum Gasteiger partial charge on any atom is 0.338 e. The monoisotopic (exact) mass is 458 g/mol. The van der Waals surface area contributed by atoms with Crippen LogP contribution in [0.25, 0.3) is 0 Å². The third kappa shape index (κ3) is 6.10. The summed E-state index contributed by atoms with van der Waals surface area (Å²) in [7, 11) is 0. The van der Waals surface area contributed by atoms with Crippen LogP contribution in [0.2, 0.25) is 0 Å². The van der Waals surface area contributed by atoms with Crippen LogP contribution in [0, 0.1) is 0 Å². The minimum Gasteiger partial charge on any atom is -0.465 e. The van der Waals surface area contributed by atoms with Crippen molar-refractivity contribution >= 4 is 35.6 Å². The predicted octanol–water partition coefficient (Wildman–Crippen LogP) is 3.01. The Labute approximate surface area is 189 Å².